The number of hydrogen-bond donors (Lipinski definition) is 3. The minimum atomic E-state index is -0.933. The number of likely N-dealkylation sites (N-methyl/N-ethyl adjacent to an activating group) is 1. The SMILES string of the molecule is CCC(CC)(C(=O)NCC(C)(C)N(C)C)C(N)=NO. The summed E-state index contributed by atoms with van der Waals surface area (Å²) in [5.41, 5.74) is 4.61. The summed E-state index contributed by atoms with van der Waals surface area (Å²) >= 11 is 0. The molecule has 19 heavy (non-hydrogen) atoms. The molecule has 1 amide bonds. The third-order valence-electron chi connectivity index (χ3n) is 4.13. The summed E-state index contributed by atoms with van der Waals surface area (Å²) in [4.78, 5) is 14.4. The van der Waals surface area contributed by atoms with Crippen LogP contribution in [0.5, 0.6) is 0 Å². The highest BCUT2D eigenvalue weighted by atomic mass is 16.4. The van der Waals surface area contributed by atoms with Crippen molar-refractivity contribution in [3.8, 4) is 0 Å². The van der Waals surface area contributed by atoms with E-state index in [1.165, 1.54) is 0 Å². The molecule has 0 aliphatic rings. The predicted octanol–water partition coefficient (Wildman–Crippen LogP) is 0.996. The number of nitrogens with two attached hydrogens (primary N) is 1. The highest BCUT2D eigenvalue weighted by molar-refractivity contribution is 6.06. The Labute approximate surface area is 116 Å². The highest BCUT2D eigenvalue weighted by Crippen LogP contribution is 2.27. The van der Waals surface area contributed by atoms with Crippen molar-refractivity contribution in [2.24, 2.45) is 16.3 Å². The standard InChI is InChI=1S/C13H28N4O2/c1-7-13(8-2,10(14)16-19)11(18)15-9-12(3,4)17(5)6/h19H,7-9H2,1-6H3,(H2,14,16)(H,15,18). The topological polar surface area (TPSA) is 91.0 Å². The van der Waals surface area contributed by atoms with Gasteiger partial charge < -0.3 is 21.2 Å². The Hall–Kier alpha value is -1.30. The summed E-state index contributed by atoms with van der Waals surface area (Å²) in [6, 6.07) is 0. The molecule has 0 saturated heterocycles. The van der Waals surface area contributed by atoms with Crippen LogP contribution >= 0.6 is 0 Å². The number of nitrogens with one attached hydrogen (secondary N) is 1. The van der Waals surface area contributed by atoms with Crippen LogP contribution < -0.4 is 11.1 Å². The Morgan fingerprint density at radius 1 is 1.32 bits per heavy atom. The predicted molar refractivity (Wildman–Crippen MR) is 77.2 cm³/mol. The second-order valence-corrected chi connectivity index (χ2v) is 5.66. The van der Waals surface area contributed by atoms with Gasteiger partial charge in [0.15, 0.2) is 5.84 Å². The zero-order valence-electron chi connectivity index (χ0n) is 12.9. The lowest BCUT2D eigenvalue weighted by molar-refractivity contribution is -0.128. The molecule has 0 unspecified atom stereocenters. The van der Waals surface area contributed by atoms with Gasteiger partial charge in [-0.15, -0.1) is 0 Å². The van der Waals surface area contributed by atoms with Crippen molar-refractivity contribution < 1.29 is 10.0 Å². The average Bonchev–Trinajstić information content (AvgIpc) is 2.37. The Kier molecular flexibility index (Phi) is 6.29. The monoisotopic (exact) mass is 272 g/mol. The van der Waals surface area contributed by atoms with Gasteiger partial charge in [-0.25, -0.2) is 0 Å². The van der Waals surface area contributed by atoms with Crippen molar-refractivity contribution in [1.82, 2.24) is 10.2 Å². The van der Waals surface area contributed by atoms with Crippen molar-refractivity contribution in [2.45, 2.75) is 46.1 Å². The van der Waals surface area contributed by atoms with Crippen LogP contribution in [0.2, 0.25) is 0 Å². The van der Waals surface area contributed by atoms with Crippen molar-refractivity contribution >= 4 is 11.7 Å². The minimum Gasteiger partial charge on any atom is -0.409 e. The molecule has 0 aliphatic carbocycles. The van der Waals surface area contributed by atoms with Gasteiger partial charge in [0, 0.05) is 12.1 Å². The fourth-order valence-electron chi connectivity index (χ4n) is 1.77. The molecule has 0 aromatic rings. The first kappa shape index (κ1) is 17.7. The normalized spacial score (nSPS) is 13.7. The molecule has 0 saturated carbocycles. The minimum absolute atomic E-state index is 0.0299. The van der Waals surface area contributed by atoms with Crippen LogP contribution in [-0.4, -0.2) is 48.0 Å². The van der Waals surface area contributed by atoms with Gasteiger partial charge >= 0.3 is 0 Å². The molecule has 0 rings (SSSR count). The van der Waals surface area contributed by atoms with E-state index in [1.54, 1.807) is 0 Å². The first-order chi connectivity index (χ1) is 8.67. The maximum absolute atomic E-state index is 12.4. The number of hydrogen-bond acceptors (Lipinski definition) is 4. The van der Waals surface area contributed by atoms with E-state index < -0.39 is 5.41 Å². The molecule has 6 heteroatoms. The quantitative estimate of drug-likeness (QED) is 0.279. The molecule has 112 valence electrons. The van der Waals surface area contributed by atoms with E-state index in [0.29, 0.717) is 19.4 Å². The molecule has 0 spiro atoms. The summed E-state index contributed by atoms with van der Waals surface area (Å²) in [6.07, 6.45) is 0.987. The van der Waals surface area contributed by atoms with Gasteiger partial charge in [-0.05, 0) is 40.8 Å². The van der Waals surface area contributed by atoms with Crippen LogP contribution in [0.25, 0.3) is 0 Å². The van der Waals surface area contributed by atoms with E-state index in [0.717, 1.165) is 0 Å². The van der Waals surface area contributed by atoms with Crippen LogP contribution in [0.4, 0.5) is 0 Å². The lowest BCUT2D eigenvalue weighted by Gasteiger charge is -2.35. The van der Waals surface area contributed by atoms with Crippen molar-refractivity contribution in [3.63, 3.8) is 0 Å². The maximum Gasteiger partial charge on any atom is 0.233 e. The average molecular weight is 272 g/mol. The number of oxime groups is 1. The fourth-order valence-corrected chi connectivity index (χ4v) is 1.77. The Morgan fingerprint density at radius 3 is 2.11 bits per heavy atom. The second-order valence-electron chi connectivity index (χ2n) is 5.66. The largest absolute Gasteiger partial charge is 0.409 e. The van der Waals surface area contributed by atoms with E-state index in [9.17, 15) is 4.79 Å². The number of carbonyl (C=O) groups is 1. The molecule has 0 fully saturated rings. The summed E-state index contributed by atoms with van der Waals surface area (Å²) in [5, 5.41) is 14.8. The number of amidine groups is 1. The van der Waals surface area contributed by atoms with Crippen LogP contribution in [0.15, 0.2) is 5.16 Å². The van der Waals surface area contributed by atoms with Gasteiger partial charge in [-0.2, -0.15) is 0 Å². The Balaban J connectivity index is 4.97. The maximum atomic E-state index is 12.4. The van der Waals surface area contributed by atoms with E-state index in [1.807, 2.05) is 46.7 Å². The van der Waals surface area contributed by atoms with Gasteiger partial charge in [-0.1, -0.05) is 19.0 Å². The first-order valence-corrected chi connectivity index (χ1v) is 6.61. The molecule has 0 radical (unpaired) electrons. The van der Waals surface area contributed by atoms with E-state index >= 15 is 0 Å². The van der Waals surface area contributed by atoms with E-state index in [-0.39, 0.29) is 17.3 Å². The highest BCUT2D eigenvalue weighted by Gasteiger charge is 2.40. The van der Waals surface area contributed by atoms with Crippen LogP contribution in [-0.2, 0) is 4.79 Å². The zero-order valence-corrected chi connectivity index (χ0v) is 12.9. The number of amides is 1. The molecular weight excluding hydrogens is 244 g/mol. The van der Waals surface area contributed by atoms with Crippen molar-refractivity contribution in [3.05, 3.63) is 0 Å². The van der Waals surface area contributed by atoms with E-state index in [4.69, 9.17) is 10.9 Å². The Bertz CT molecular complexity index is 334. The third-order valence-corrected chi connectivity index (χ3v) is 4.13. The van der Waals surface area contributed by atoms with Gasteiger partial charge in [-0.3, -0.25) is 4.79 Å². The molecule has 0 atom stereocenters. The molecule has 0 heterocycles. The fraction of sp³-hybridized carbons (Fsp3) is 0.846. The number of nitrogens with zero attached hydrogens (tertiary/aromatic N) is 2. The molecule has 0 bridgehead atoms. The summed E-state index contributed by atoms with van der Waals surface area (Å²) in [5.74, 6) is -0.222. The van der Waals surface area contributed by atoms with Gasteiger partial charge in [0.25, 0.3) is 0 Å². The van der Waals surface area contributed by atoms with E-state index in [2.05, 4.69) is 10.5 Å². The third kappa shape index (κ3) is 3.83. The molecule has 0 aliphatic heterocycles. The summed E-state index contributed by atoms with van der Waals surface area (Å²) in [6.45, 7) is 8.29. The van der Waals surface area contributed by atoms with Gasteiger partial charge in [0.2, 0.25) is 5.91 Å². The Morgan fingerprint density at radius 2 is 1.79 bits per heavy atom. The summed E-state index contributed by atoms with van der Waals surface area (Å²) < 4.78 is 0. The van der Waals surface area contributed by atoms with Gasteiger partial charge in [0.1, 0.15) is 5.41 Å². The lowest BCUT2D eigenvalue weighted by atomic mass is 9.80. The van der Waals surface area contributed by atoms with Crippen molar-refractivity contribution in [2.75, 3.05) is 20.6 Å². The number of carbonyl (C=O) groups excluding carboxylic acids is 1. The smallest absolute Gasteiger partial charge is 0.233 e. The van der Waals surface area contributed by atoms with Crippen LogP contribution in [0, 0.1) is 5.41 Å². The molecular formula is C13H28N4O2. The van der Waals surface area contributed by atoms with Gasteiger partial charge in [0.05, 0.1) is 0 Å². The molecule has 0 aromatic carbocycles. The summed E-state index contributed by atoms with van der Waals surface area (Å²) in [7, 11) is 3.92. The van der Waals surface area contributed by atoms with Crippen LogP contribution in [0.1, 0.15) is 40.5 Å². The molecule has 6 nitrogen and oxygen atoms in total. The second kappa shape index (κ2) is 6.75. The van der Waals surface area contributed by atoms with Crippen LogP contribution in [0.3, 0.4) is 0 Å². The van der Waals surface area contributed by atoms with Crippen molar-refractivity contribution in [1.29, 1.82) is 0 Å². The lowest BCUT2D eigenvalue weighted by Crippen LogP contribution is -2.54. The molecule has 4 N–H and O–H groups in total. The molecule has 0 aromatic heterocycles. The first-order valence-electron chi connectivity index (χ1n) is 6.61. The zero-order chi connectivity index (χ0) is 15.3. The number of rotatable bonds is 7.